The van der Waals surface area contributed by atoms with Gasteiger partial charge < -0.3 is 4.74 Å². The number of carbonyl (C=O) groups excluding carboxylic acids is 3. The third kappa shape index (κ3) is 3.68. The Morgan fingerprint density at radius 1 is 1.12 bits per heavy atom. The zero-order chi connectivity index (χ0) is 18.1. The fourth-order valence-electron chi connectivity index (χ4n) is 4.15. The van der Waals surface area contributed by atoms with Crippen LogP contribution in [-0.2, 0) is 19.1 Å². The van der Waals surface area contributed by atoms with E-state index in [9.17, 15) is 14.4 Å². The molecular weight excluding hydrogens is 372 g/mol. The maximum atomic E-state index is 12.3. The van der Waals surface area contributed by atoms with Crippen molar-refractivity contribution in [2.75, 3.05) is 12.5 Å². The Labute approximate surface area is 161 Å². The van der Waals surface area contributed by atoms with Gasteiger partial charge in [-0.3, -0.25) is 19.7 Å². The summed E-state index contributed by atoms with van der Waals surface area (Å²) in [5.74, 6) is -0.699. The van der Waals surface area contributed by atoms with Gasteiger partial charge in [0.15, 0.2) is 6.73 Å². The molecule has 0 aromatic rings. The van der Waals surface area contributed by atoms with Crippen LogP contribution in [-0.4, -0.2) is 51.2 Å². The van der Waals surface area contributed by atoms with Crippen LogP contribution in [0.3, 0.4) is 0 Å². The highest BCUT2D eigenvalue weighted by Crippen LogP contribution is 2.40. The molecule has 0 radical (unpaired) electrons. The van der Waals surface area contributed by atoms with Gasteiger partial charge in [-0.15, -0.1) is 23.5 Å². The Bertz CT molecular complexity index is 609. The van der Waals surface area contributed by atoms with Gasteiger partial charge >= 0.3 is 5.97 Å². The number of imide groups is 1. The van der Waals surface area contributed by atoms with Crippen LogP contribution in [0.25, 0.3) is 0 Å². The minimum atomic E-state index is -0.377. The maximum absolute atomic E-state index is 12.3. The van der Waals surface area contributed by atoms with E-state index in [0.717, 1.165) is 17.7 Å². The first-order chi connectivity index (χ1) is 12.6. The third-order valence-electron chi connectivity index (χ3n) is 5.53. The molecule has 8 heteroatoms. The molecule has 0 bridgehead atoms. The fourth-order valence-corrected chi connectivity index (χ4v) is 7.01. The first kappa shape index (κ1) is 18.4. The molecule has 2 aliphatic carbocycles. The molecule has 4 rings (SSSR count). The van der Waals surface area contributed by atoms with Crippen molar-refractivity contribution in [1.82, 2.24) is 10.2 Å². The van der Waals surface area contributed by atoms with Crippen molar-refractivity contribution in [3.63, 3.8) is 0 Å². The number of amides is 2. The zero-order valence-corrected chi connectivity index (χ0v) is 16.3. The molecule has 2 amide bonds. The maximum Gasteiger partial charge on any atom is 0.317 e. The Balaban J connectivity index is 1.21. The predicted molar refractivity (Wildman–Crippen MR) is 101 cm³/mol. The molecule has 3 atom stereocenters. The molecule has 2 fully saturated rings. The molecule has 26 heavy (non-hydrogen) atoms. The SMILES string of the molecule is O=C(CSC1NC2CCCCC2S1)OCN1C(=O)C2=C(CCCC2)C1=O. The summed E-state index contributed by atoms with van der Waals surface area (Å²) < 4.78 is 5.43. The highest BCUT2D eigenvalue weighted by Gasteiger charge is 2.39. The van der Waals surface area contributed by atoms with Crippen molar-refractivity contribution < 1.29 is 19.1 Å². The van der Waals surface area contributed by atoms with Crippen LogP contribution < -0.4 is 5.32 Å². The monoisotopic (exact) mass is 396 g/mol. The molecular formula is C18H24N2O4S2. The van der Waals surface area contributed by atoms with E-state index < -0.39 is 0 Å². The normalized spacial score (nSPS) is 31.2. The van der Waals surface area contributed by atoms with Gasteiger partial charge in [-0.25, -0.2) is 4.90 Å². The second-order valence-corrected chi connectivity index (χ2v) is 9.96. The Hall–Kier alpha value is -0.990. The number of nitrogens with zero attached hydrogens (tertiary/aromatic N) is 1. The van der Waals surface area contributed by atoms with E-state index in [1.165, 1.54) is 25.7 Å². The van der Waals surface area contributed by atoms with Gasteiger partial charge in [0.1, 0.15) is 4.71 Å². The van der Waals surface area contributed by atoms with Gasteiger partial charge in [0.2, 0.25) is 0 Å². The van der Waals surface area contributed by atoms with Crippen molar-refractivity contribution in [3.8, 4) is 0 Å². The summed E-state index contributed by atoms with van der Waals surface area (Å²) in [4.78, 5) is 37.8. The number of esters is 1. The Morgan fingerprint density at radius 2 is 1.81 bits per heavy atom. The van der Waals surface area contributed by atoms with Crippen molar-refractivity contribution in [3.05, 3.63) is 11.1 Å². The first-order valence-electron chi connectivity index (χ1n) is 9.40. The smallest absolute Gasteiger partial charge is 0.317 e. The summed E-state index contributed by atoms with van der Waals surface area (Å²) >= 11 is 3.45. The van der Waals surface area contributed by atoms with Gasteiger partial charge in [-0.2, -0.15) is 0 Å². The van der Waals surface area contributed by atoms with E-state index in [0.29, 0.717) is 35.3 Å². The molecule has 1 N–H and O–H groups in total. The minimum absolute atomic E-state index is 0.222. The van der Waals surface area contributed by atoms with Crippen LogP contribution >= 0.6 is 23.5 Å². The molecule has 0 spiro atoms. The summed E-state index contributed by atoms with van der Waals surface area (Å²) in [6.45, 7) is -0.263. The van der Waals surface area contributed by atoms with Crippen LogP contribution in [0.4, 0.5) is 0 Å². The van der Waals surface area contributed by atoms with Gasteiger partial charge in [-0.1, -0.05) is 12.8 Å². The lowest BCUT2D eigenvalue weighted by Gasteiger charge is -2.23. The molecule has 2 aliphatic heterocycles. The number of nitrogens with one attached hydrogen (secondary N) is 1. The Morgan fingerprint density at radius 3 is 2.50 bits per heavy atom. The highest BCUT2D eigenvalue weighted by atomic mass is 32.2. The van der Waals surface area contributed by atoms with E-state index in [-0.39, 0.29) is 35.0 Å². The fraction of sp³-hybridized carbons (Fsp3) is 0.722. The van der Waals surface area contributed by atoms with Crippen molar-refractivity contribution in [1.29, 1.82) is 0 Å². The lowest BCUT2D eigenvalue weighted by atomic mass is 9.93. The molecule has 0 aromatic heterocycles. The lowest BCUT2D eigenvalue weighted by Crippen LogP contribution is -2.36. The van der Waals surface area contributed by atoms with Crippen LogP contribution in [0, 0.1) is 0 Å². The lowest BCUT2D eigenvalue weighted by molar-refractivity contribution is -0.153. The van der Waals surface area contributed by atoms with E-state index in [2.05, 4.69) is 5.32 Å². The molecule has 6 nitrogen and oxygen atoms in total. The summed E-state index contributed by atoms with van der Waals surface area (Å²) in [6.07, 6.45) is 8.25. The number of fused-ring (bicyclic) bond motifs is 1. The van der Waals surface area contributed by atoms with Crippen molar-refractivity contribution in [2.45, 2.75) is 67.4 Å². The van der Waals surface area contributed by atoms with E-state index in [1.54, 1.807) is 11.8 Å². The molecule has 1 saturated heterocycles. The first-order valence-corrected chi connectivity index (χ1v) is 11.4. The number of thioether (sulfide) groups is 2. The molecule has 3 unspecified atom stereocenters. The summed E-state index contributed by atoms with van der Waals surface area (Å²) in [7, 11) is 0. The highest BCUT2D eigenvalue weighted by molar-refractivity contribution is 8.17. The molecule has 2 heterocycles. The molecule has 0 aromatic carbocycles. The molecule has 4 aliphatic rings. The van der Waals surface area contributed by atoms with Gasteiger partial charge in [0, 0.05) is 22.4 Å². The van der Waals surface area contributed by atoms with Gasteiger partial charge in [0.25, 0.3) is 11.8 Å². The summed E-state index contributed by atoms with van der Waals surface area (Å²) in [5, 5.41) is 4.25. The number of carbonyl (C=O) groups is 3. The van der Waals surface area contributed by atoms with Gasteiger partial charge in [0.05, 0.1) is 5.75 Å². The predicted octanol–water partition coefficient (Wildman–Crippen LogP) is 2.39. The van der Waals surface area contributed by atoms with Crippen LogP contribution in [0.5, 0.6) is 0 Å². The van der Waals surface area contributed by atoms with Crippen molar-refractivity contribution in [2.24, 2.45) is 0 Å². The quantitative estimate of drug-likeness (QED) is 0.565. The van der Waals surface area contributed by atoms with Crippen LogP contribution in [0.15, 0.2) is 11.1 Å². The molecule has 142 valence electrons. The van der Waals surface area contributed by atoms with Crippen LogP contribution in [0.2, 0.25) is 0 Å². The van der Waals surface area contributed by atoms with E-state index in [4.69, 9.17) is 4.74 Å². The standard InChI is InChI=1S/C18H24N2O4S2/c21-15(9-25-18-19-13-7-3-4-8-14(13)26-18)24-10-20-16(22)11-5-1-2-6-12(11)17(20)23/h13-14,18-19H,1-10H2. The topological polar surface area (TPSA) is 75.7 Å². The third-order valence-corrected chi connectivity index (χ3v) is 8.41. The average molecular weight is 397 g/mol. The molecule has 1 saturated carbocycles. The zero-order valence-electron chi connectivity index (χ0n) is 14.7. The Kier molecular flexibility index (Phi) is 5.61. The number of hydrogen-bond acceptors (Lipinski definition) is 7. The number of ether oxygens (including phenoxy) is 1. The second kappa shape index (κ2) is 7.94. The summed E-state index contributed by atoms with van der Waals surface area (Å²) in [5.41, 5.74) is 1.25. The summed E-state index contributed by atoms with van der Waals surface area (Å²) in [6, 6.07) is 0.569. The minimum Gasteiger partial charge on any atom is -0.443 e. The van der Waals surface area contributed by atoms with Crippen molar-refractivity contribution >= 4 is 41.3 Å². The van der Waals surface area contributed by atoms with E-state index in [1.807, 2.05) is 11.8 Å². The average Bonchev–Trinajstić information content (AvgIpc) is 3.18. The second-order valence-electron chi connectivity index (χ2n) is 7.22. The van der Waals surface area contributed by atoms with Crippen LogP contribution in [0.1, 0.15) is 51.4 Å². The largest absolute Gasteiger partial charge is 0.443 e. The van der Waals surface area contributed by atoms with Gasteiger partial charge in [-0.05, 0) is 38.5 Å². The number of hydrogen-bond donors (Lipinski definition) is 1. The number of rotatable bonds is 5. The van der Waals surface area contributed by atoms with E-state index >= 15 is 0 Å².